The Labute approximate surface area is 85.0 Å². The van der Waals surface area contributed by atoms with Crippen molar-refractivity contribution in [2.75, 3.05) is 19.8 Å². The van der Waals surface area contributed by atoms with Crippen molar-refractivity contribution < 1.29 is 14.3 Å². The molecule has 1 fully saturated rings. The van der Waals surface area contributed by atoms with Crippen LogP contribution in [0.2, 0.25) is 0 Å². The van der Waals surface area contributed by atoms with Crippen LogP contribution in [0, 0.1) is 0 Å². The first-order valence-corrected chi connectivity index (χ1v) is 4.99. The maximum absolute atomic E-state index is 11.3. The van der Waals surface area contributed by atoms with Crippen molar-refractivity contribution in [2.24, 2.45) is 0 Å². The number of carbonyl (C=O) groups is 1. The van der Waals surface area contributed by atoms with E-state index in [0.29, 0.717) is 13.2 Å². The fourth-order valence-electron chi connectivity index (χ4n) is 1.17. The van der Waals surface area contributed by atoms with Crippen LogP contribution in [0.3, 0.4) is 0 Å². The summed E-state index contributed by atoms with van der Waals surface area (Å²) >= 11 is 0. The molecule has 14 heavy (non-hydrogen) atoms. The van der Waals surface area contributed by atoms with Crippen molar-refractivity contribution in [3.05, 3.63) is 0 Å². The summed E-state index contributed by atoms with van der Waals surface area (Å²) in [5.74, 6) is -0.199. The molecule has 0 spiro atoms. The number of nitrogens with one attached hydrogen (secondary N) is 1. The Balaban J connectivity index is 2.15. The van der Waals surface area contributed by atoms with E-state index >= 15 is 0 Å². The third-order valence-electron chi connectivity index (χ3n) is 1.95. The standard InChI is InChI=1S/C10H19NO3/c1-10(2,3)11-6-9(12)14-8-4-5-13-7-8/h8,11H,4-7H2,1-3H3. The first-order valence-electron chi connectivity index (χ1n) is 4.99. The highest BCUT2D eigenvalue weighted by Gasteiger charge is 2.20. The highest BCUT2D eigenvalue weighted by Crippen LogP contribution is 2.08. The van der Waals surface area contributed by atoms with E-state index in [1.807, 2.05) is 20.8 Å². The summed E-state index contributed by atoms with van der Waals surface area (Å²) in [6.07, 6.45) is 0.783. The zero-order valence-electron chi connectivity index (χ0n) is 9.13. The van der Waals surface area contributed by atoms with Crippen molar-refractivity contribution in [1.29, 1.82) is 0 Å². The molecule has 4 heteroatoms. The average Bonchev–Trinajstić information content (AvgIpc) is 2.52. The molecule has 0 aromatic rings. The van der Waals surface area contributed by atoms with Gasteiger partial charge in [-0.1, -0.05) is 0 Å². The van der Waals surface area contributed by atoms with E-state index in [2.05, 4.69) is 5.32 Å². The zero-order chi connectivity index (χ0) is 10.6. The minimum absolute atomic E-state index is 0.0377. The highest BCUT2D eigenvalue weighted by atomic mass is 16.6. The number of carbonyl (C=O) groups excluding carboxylic acids is 1. The van der Waals surface area contributed by atoms with Crippen LogP contribution < -0.4 is 5.32 Å². The smallest absolute Gasteiger partial charge is 0.320 e. The predicted octanol–water partition coefficient (Wildman–Crippen LogP) is 0.707. The fraction of sp³-hybridized carbons (Fsp3) is 0.900. The Morgan fingerprint density at radius 3 is 2.79 bits per heavy atom. The SMILES string of the molecule is CC(C)(C)NCC(=O)OC1CCOC1. The van der Waals surface area contributed by atoms with Gasteiger partial charge in [0.15, 0.2) is 0 Å². The summed E-state index contributed by atoms with van der Waals surface area (Å²) in [6.45, 7) is 7.54. The van der Waals surface area contributed by atoms with Crippen LogP contribution in [-0.2, 0) is 14.3 Å². The minimum atomic E-state index is -0.199. The van der Waals surface area contributed by atoms with Crippen molar-refractivity contribution in [1.82, 2.24) is 5.32 Å². The monoisotopic (exact) mass is 201 g/mol. The van der Waals surface area contributed by atoms with Gasteiger partial charge in [-0.3, -0.25) is 4.79 Å². The van der Waals surface area contributed by atoms with E-state index in [1.54, 1.807) is 0 Å². The van der Waals surface area contributed by atoms with Crippen LogP contribution in [0.4, 0.5) is 0 Å². The van der Waals surface area contributed by atoms with Crippen LogP contribution in [0.15, 0.2) is 0 Å². The van der Waals surface area contributed by atoms with E-state index in [0.717, 1.165) is 6.42 Å². The van der Waals surface area contributed by atoms with E-state index < -0.39 is 0 Å². The molecule has 0 bridgehead atoms. The molecule has 0 aromatic heterocycles. The first kappa shape index (κ1) is 11.5. The number of rotatable bonds is 3. The topological polar surface area (TPSA) is 47.6 Å². The molecule has 0 aliphatic carbocycles. The fourth-order valence-corrected chi connectivity index (χ4v) is 1.17. The molecule has 1 saturated heterocycles. The summed E-state index contributed by atoms with van der Waals surface area (Å²) in [5.41, 5.74) is -0.0504. The molecular formula is C10H19NO3. The normalized spacial score (nSPS) is 22.4. The van der Waals surface area contributed by atoms with Crippen LogP contribution in [-0.4, -0.2) is 37.4 Å². The Hall–Kier alpha value is -0.610. The summed E-state index contributed by atoms with van der Waals surface area (Å²) in [4.78, 5) is 11.3. The van der Waals surface area contributed by atoms with Gasteiger partial charge in [0.2, 0.25) is 0 Å². The quantitative estimate of drug-likeness (QED) is 0.683. The van der Waals surface area contributed by atoms with Crippen molar-refractivity contribution in [3.63, 3.8) is 0 Å². The van der Waals surface area contributed by atoms with E-state index in [9.17, 15) is 4.79 Å². The van der Waals surface area contributed by atoms with Gasteiger partial charge in [0.05, 0.1) is 19.8 Å². The molecule has 1 aliphatic heterocycles. The van der Waals surface area contributed by atoms with Gasteiger partial charge in [-0.05, 0) is 20.8 Å². The minimum Gasteiger partial charge on any atom is -0.459 e. The lowest BCUT2D eigenvalue weighted by Crippen LogP contribution is -2.40. The Morgan fingerprint density at radius 1 is 1.57 bits per heavy atom. The van der Waals surface area contributed by atoms with E-state index in [-0.39, 0.29) is 24.2 Å². The summed E-state index contributed by atoms with van der Waals surface area (Å²) in [5, 5.41) is 3.08. The molecule has 0 aromatic carbocycles. The second-order valence-corrected chi connectivity index (χ2v) is 4.58. The van der Waals surface area contributed by atoms with Gasteiger partial charge in [-0.25, -0.2) is 0 Å². The lowest BCUT2D eigenvalue weighted by atomic mass is 10.1. The van der Waals surface area contributed by atoms with E-state index in [1.165, 1.54) is 0 Å². The highest BCUT2D eigenvalue weighted by molar-refractivity contribution is 5.71. The number of ether oxygens (including phenoxy) is 2. The first-order chi connectivity index (χ1) is 6.47. The van der Waals surface area contributed by atoms with Crippen molar-refractivity contribution in [3.8, 4) is 0 Å². The largest absolute Gasteiger partial charge is 0.459 e. The molecular weight excluding hydrogens is 182 g/mol. The van der Waals surface area contributed by atoms with Gasteiger partial charge in [0.1, 0.15) is 6.10 Å². The van der Waals surface area contributed by atoms with Gasteiger partial charge < -0.3 is 14.8 Å². The lowest BCUT2D eigenvalue weighted by Gasteiger charge is -2.20. The van der Waals surface area contributed by atoms with Gasteiger partial charge in [-0.2, -0.15) is 0 Å². The maximum atomic E-state index is 11.3. The molecule has 0 amide bonds. The average molecular weight is 201 g/mol. The molecule has 4 nitrogen and oxygen atoms in total. The van der Waals surface area contributed by atoms with Crippen LogP contribution in [0.5, 0.6) is 0 Å². The lowest BCUT2D eigenvalue weighted by molar-refractivity contribution is -0.148. The van der Waals surface area contributed by atoms with Gasteiger partial charge in [0.25, 0.3) is 0 Å². The third-order valence-corrected chi connectivity index (χ3v) is 1.95. The molecule has 1 unspecified atom stereocenters. The molecule has 1 N–H and O–H groups in total. The third kappa shape index (κ3) is 4.58. The molecule has 0 radical (unpaired) electrons. The number of hydrogen-bond donors (Lipinski definition) is 1. The van der Waals surface area contributed by atoms with Gasteiger partial charge in [-0.15, -0.1) is 0 Å². The summed E-state index contributed by atoms with van der Waals surface area (Å²) in [7, 11) is 0. The van der Waals surface area contributed by atoms with Gasteiger partial charge >= 0.3 is 5.97 Å². The van der Waals surface area contributed by atoms with Crippen molar-refractivity contribution in [2.45, 2.75) is 38.8 Å². The van der Waals surface area contributed by atoms with Gasteiger partial charge in [0, 0.05) is 12.0 Å². The number of hydrogen-bond acceptors (Lipinski definition) is 4. The van der Waals surface area contributed by atoms with Crippen LogP contribution in [0.1, 0.15) is 27.2 Å². The Bertz CT molecular complexity index is 192. The van der Waals surface area contributed by atoms with Crippen LogP contribution in [0.25, 0.3) is 0 Å². The molecule has 82 valence electrons. The summed E-state index contributed by atoms with van der Waals surface area (Å²) < 4.78 is 10.3. The molecule has 0 saturated carbocycles. The number of esters is 1. The van der Waals surface area contributed by atoms with E-state index in [4.69, 9.17) is 9.47 Å². The molecule has 1 heterocycles. The van der Waals surface area contributed by atoms with Crippen LogP contribution >= 0.6 is 0 Å². The summed E-state index contributed by atoms with van der Waals surface area (Å²) in [6, 6.07) is 0. The maximum Gasteiger partial charge on any atom is 0.320 e. The second kappa shape index (κ2) is 4.75. The molecule has 1 atom stereocenters. The molecule has 1 aliphatic rings. The Kier molecular flexibility index (Phi) is 3.89. The zero-order valence-corrected chi connectivity index (χ0v) is 9.13. The van der Waals surface area contributed by atoms with Crippen molar-refractivity contribution >= 4 is 5.97 Å². The molecule has 1 rings (SSSR count). The Morgan fingerprint density at radius 2 is 2.29 bits per heavy atom. The second-order valence-electron chi connectivity index (χ2n) is 4.58. The predicted molar refractivity (Wildman–Crippen MR) is 53.1 cm³/mol.